The summed E-state index contributed by atoms with van der Waals surface area (Å²) in [7, 11) is -3.73. The number of rotatable bonds is 5. The second kappa shape index (κ2) is 8.96. The maximum absolute atomic E-state index is 13.2. The lowest BCUT2D eigenvalue weighted by Gasteiger charge is -2.34. The first-order valence-electron chi connectivity index (χ1n) is 10.7. The monoisotopic (exact) mass is 491 g/mol. The maximum atomic E-state index is 13.2. The summed E-state index contributed by atoms with van der Waals surface area (Å²) in [6, 6.07) is 9.51. The number of sulfonamides is 1. The van der Waals surface area contributed by atoms with E-state index in [0.717, 1.165) is 16.6 Å². The van der Waals surface area contributed by atoms with Crippen molar-refractivity contribution in [3.63, 3.8) is 0 Å². The number of aromatic nitrogens is 1. The van der Waals surface area contributed by atoms with Gasteiger partial charge in [-0.1, -0.05) is 31.5 Å². The van der Waals surface area contributed by atoms with E-state index in [4.69, 9.17) is 16.0 Å². The van der Waals surface area contributed by atoms with Gasteiger partial charge in [0.15, 0.2) is 5.58 Å². The normalized spacial score (nSPS) is 19.6. The number of oxazole rings is 1. The summed E-state index contributed by atoms with van der Waals surface area (Å²) in [6.07, 6.45) is 0.985. The van der Waals surface area contributed by atoms with Crippen molar-refractivity contribution in [2.24, 2.45) is 11.8 Å². The van der Waals surface area contributed by atoms with Gasteiger partial charge in [-0.3, -0.25) is 9.36 Å². The fourth-order valence-corrected chi connectivity index (χ4v) is 6.34. The molecule has 0 aliphatic carbocycles. The molecule has 1 saturated heterocycles. The number of halogens is 1. The molecule has 8 nitrogen and oxygen atoms in total. The third kappa shape index (κ3) is 4.85. The Balaban J connectivity index is 1.59. The van der Waals surface area contributed by atoms with Crippen LogP contribution in [0, 0.1) is 18.8 Å². The molecule has 1 aliphatic rings. The Kier molecular flexibility index (Phi) is 6.39. The Bertz CT molecular complexity index is 1370. The SMILES string of the molecule is Cc1ccc(NC(=O)Cn2c(=O)oc3cc(S(=O)(=O)N4C[C@H](C)C[C@@H](C)C4)ccc32)c(Cl)c1. The Morgan fingerprint density at radius 2 is 1.85 bits per heavy atom. The van der Waals surface area contributed by atoms with Crippen LogP contribution in [0.25, 0.3) is 11.1 Å². The van der Waals surface area contributed by atoms with E-state index in [1.807, 2.05) is 26.8 Å². The van der Waals surface area contributed by atoms with Gasteiger partial charge in [0.05, 0.1) is 21.1 Å². The summed E-state index contributed by atoms with van der Waals surface area (Å²) < 4.78 is 34.3. The summed E-state index contributed by atoms with van der Waals surface area (Å²) in [4.78, 5) is 25.0. The molecule has 1 N–H and O–H groups in total. The molecule has 33 heavy (non-hydrogen) atoms. The van der Waals surface area contributed by atoms with E-state index in [9.17, 15) is 18.0 Å². The molecule has 0 saturated carbocycles. The Morgan fingerprint density at radius 1 is 1.15 bits per heavy atom. The highest BCUT2D eigenvalue weighted by Crippen LogP contribution is 2.28. The Morgan fingerprint density at radius 3 is 2.52 bits per heavy atom. The number of nitrogens with zero attached hydrogens (tertiary/aromatic N) is 2. The fourth-order valence-electron chi connectivity index (χ4n) is 4.36. The van der Waals surface area contributed by atoms with Gasteiger partial charge < -0.3 is 9.73 Å². The fraction of sp³-hybridized carbons (Fsp3) is 0.391. The second-order valence-electron chi connectivity index (χ2n) is 8.88. The molecule has 1 fully saturated rings. The van der Waals surface area contributed by atoms with Gasteiger partial charge in [-0.05, 0) is 55.0 Å². The summed E-state index contributed by atoms with van der Waals surface area (Å²) in [5.74, 6) is -0.665. The van der Waals surface area contributed by atoms with Crippen molar-refractivity contribution in [2.75, 3.05) is 18.4 Å². The molecule has 3 aromatic rings. The quantitative estimate of drug-likeness (QED) is 0.584. The largest absolute Gasteiger partial charge is 0.420 e. The number of carbonyl (C=O) groups is 1. The molecule has 4 rings (SSSR count). The van der Waals surface area contributed by atoms with Crippen LogP contribution in [-0.2, 0) is 21.4 Å². The van der Waals surface area contributed by atoms with E-state index < -0.39 is 21.7 Å². The Hall–Kier alpha value is -2.62. The van der Waals surface area contributed by atoms with Gasteiger partial charge in [0.25, 0.3) is 0 Å². The van der Waals surface area contributed by atoms with Crippen molar-refractivity contribution in [3.05, 3.63) is 57.5 Å². The second-order valence-corrected chi connectivity index (χ2v) is 11.2. The zero-order valence-electron chi connectivity index (χ0n) is 18.7. The number of piperidine rings is 1. The summed E-state index contributed by atoms with van der Waals surface area (Å²) in [5.41, 5.74) is 1.84. The summed E-state index contributed by atoms with van der Waals surface area (Å²) >= 11 is 6.16. The van der Waals surface area contributed by atoms with E-state index in [2.05, 4.69) is 5.32 Å². The highest BCUT2D eigenvalue weighted by molar-refractivity contribution is 7.89. The number of hydrogen-bond donors (Lipinski definition) is 1. The standard InChI is InChI=1S/C23H26ClN3O5S/c1-14-4-6-19(18(24)9-14)25-22(28)13-27-20-7-5-17(10-21(20)32-23(27)29)33(30,31)26-11-15(2)8-16(3)12-26/h4-7,9-10,15-16H,8,11-13H2,1-3H3,(H,25,28)/t15-,16-/m1/s1. The van der Waals surface area contributed by atoms with Crippen molar-refractivity contribution in [3.8, 4) is 0 Å². The molecule has 176 valence electrons. The lowest BCUT2D eigenvalue weighted by Crippen LogP contribution is -2.42. The van der Waals surface area contributed by atoms with Crippen LogP contribution in [0.1, 0.15) is 25.8 Å². The summed E-state index contributed by atoms with van der Waals surface area (Å²) in [6.45, 7) is 6.57. The van der Waals surface area contributed by atoms with Crippen LogP contribution < -0.4 is 11.1 Å². The van der Waals surface area contributed by atoms with E-state index in [1.54, 1.807) is 12.1 Å². The Labute approximate surface area is 197 Å². The molecule has 0 bridgehead atoms. The van der Waals surface area contributed by atoms with Crippen LogP contribution in [0.3, 0.4) is 0 Å². The maximum Gasteiger partial charge on any atom is 0.420 e. The van der Waals surface area contributed by atoms with E-state index in [1.165, 1.54) is 22.5 Å². The first-order chi connectivity index (χ1) is 15.5. The van der Waals surface area contributed by atoms with Crippen molar-refractivity contribution in [2.45, 2.75) is 38.6 Å². The van der Waals surface area contributed by atoms with Crippen molar-refractivity contribution < 1.29 is 17.6 Å². The average Bonchev–Trinajstić information content (AvgIpc) is 3.03. The van der Waals surface area contributed by atoms with Gasteiger partial charge in [0.1, 0.15) is 6.54 Å². The lowest BCUT2D eigenvalue weighted by molar-refractivity contribution is -0.116. The number of fused-ring (bicyclic) bond motifs is 1. The van der Waals surface area contributed by atoms with Gasteiger partial charge in [0.2, 0.25) is 15.9 Å². The van der Waals surface area contributed by atoms with Crippen LogP contribution in [0.4, 0.5) is 5.69 Å². The predicted octanol–water partition coefficient (Wildman–Crippen LogP) is 3.86. The molecule has 1 aromatic heterocycles. The molecule has 2 aromatic carbocycles. The minimum atomic E-state index is -3.73. The third-order valence-corrected chi connectivity index (χ3v) is 7.95. The minimum absolute atomic E-state index is 0.0630. The van der Waals surface area contributed by atoms with Gasteiger partial charge in [-0.15, -0.1) is 0 Å². The number of hydrogen-bond acceptors (Lipinski definition) is 5. The van der Waals surface area contributed by atoms with E-state index in [0.29, 0.717) is 29.3 Å². The number of nitrogens with one attached hydrogen (secondary N) is 1. The first kappa shape index (κ1) is 23.5. The van der Waals surface area contributed by atoms with Crippen LogP contribution in [0.15, 0.2) is 50.5 Å². The predicted molar refractivity (Wildman–Crippen MR) is 127 cm³/mol. The van der Waals surface area contributed by atoms with E-state index in [-0.39, 0.29) is 28.9 Å². The molecule has 2 atom stereocenters. The average molecular weight is 492 g/mol. The molecule has 0 unspecified atom stereocenters. The van der Waals surface area contributed by atoms with Crippen molar-refractivity contribution >= 4 is 44.3 Å². The first-order valence-corrected chi connectivity index (χ1v) is 12.6. The van der Waals surface area contributed by atoms with Crippen LogP contribution in [0.5, 0.6) is 0 Å². The molecule has 1 aliphatic heterocycles. The van der Waals surface area contributed by atoms with Crippen LogP contribution in [-0.4, -0.2) is 36.3 Å². The molecule has 1 amide bonds. The van der Waals surface area contributed by atoms with Gasteiger partial charge in [-0.2, -0.15) is 4.31 Å². The van der Waals surface area contributed by atoms with Gasteiger partial charge >= 0.3 is 5.76 Å². The third-order valence-electron chi connectivity index (χ3n) is 5.81. The summed E-state index contributed by atoms with van der Waals surface area (Å²) in [5, 5.41) is 3.07. The van der Waals surface area contributed by atoms with Gasteiger partial charge in [0, 0.05) is 19.2 Å². The van der Waals surface area contributed by atoms with Crippen molar-refractivity contribution in [1.29, 1.82) is 0 Å². The molecule has 10 heteroatoms. The highest BCUT2D eigenvalue weighted by atomic mass is 35.5. The molecular formula is C23H26ClN3O5S. The lowest BCUT2D eigenvalue weighted by atomic mass is 9.94. The smallest absolute Gasteiger partial charge is 0.408 e. The number of carbonyl (C=O) groups excluding carboxylic acids is 1. The molecular weight excluding hydrogens is 466 g/mol. The number of benzene rings is 2. The minimum Gasteiger partial charge on any atom is -0.408 e. The zero-order chi connectivity index (χ0) is 23.9. The molecule has 0 spiro atoms. The van der Waals surface area contributed by atoms with Crippen LogP contribution in [0.2, 0.25) is 5.02 Å². The van der Waals surface area contributed by atoms with Crippen molar-refractivity contribution in [1.82, 2.24) is 8.87 Å². The molecule has 2 heterocycles. The number of amides is 1. The number of aryl methyl sites for hydroxylation is 1. The zero-order valence-corrected chi connectivity index (χ0v) is 20.2. The number of anilines is 1. The van der Waals surface area contributed by atoms with E-state index >= 15 is 0 Å². The van der Waals surface area contributed by atoms with Gasteiger partial charge in [-0.25, -0.2) is 13.2 Å². The molecule has 0 radical (unpaired) electrons. The topological polar surface area (TPSA) is 102 Å². The highest BCUT2D eigenvalue weighted by Gasteiger charge is 2.32. The van der Waals surface area contributed by atoms with Crippen LogP contribution >= 0.6 is 11.6 Å².